The first kappa shape index (κ1) is 11.8. The van der Waals surface area contributed by atoms with E-state index in [-0.39, 0.29) is 0 Å². The molecule has 0 saturated heterocycles. The van der Waals surface area contributed by atoms with Gasteiger partial charge in [0.1, 0.15) is 5.01 Å². The molecule has 0 aliphatic carbocycles. The fraction of sp³-hybridized carbons (Fsp3) is 0.231. The highest BCUT2D eigenvalue weighted by Crippen LogP contribution is 2.22. The molecule has 0 aliphatic heterocycles. The van der Waals surface area contributed by atoms with E-state index in [1.807, 2.05) is 17.8 Å². The number of nitrogens with zero attached hydrogens (tertiary/aromatic N) is 2. The normalized spacial score (nSPS) is 12.9. The lowest BCUT2D eigenvalue weighted by Crippen LogP contribution is -2.16. The van der Waals surface area contributed by atoms with Crippen LogP contribution < -0.4 is 5.32 Å². The highest BCUT2D eigenvalue weighted by molar-refractivity contribution is 7.18. The van der Waals surface area contributed by atoms with Crippen LogP contribution in [0.2, 0.25) is 0 Å². The van der Waals surface area contributed by atoms with Gasteiger partial charge in [0.25, 0.3) is 0 Å². The van der Waals surface area contributed by atoms with Gasteiger partial charge in [-0.05, 0) is 19.1 Å². The molecule has 3 aromatic rings. The smallest absolute Gasteiger partial charge is 0.108 e. The van der Waals surface area contributed by atoms with E-state index in [1.54, 1.807) is 22.7 Å². The van der Waals surface area contributed by atoms with Crippen molar-refractivity contribution in [1.82, 2.24) is 15.3 Å². The van der Waals surface area contributed by atoms with Gasteiger partial charge in [0.2, 0.25) is 0 Å². The lowest BCUT2D eigenvalue weighted by Gasteiger charge is -2.09. The van der Waals surface area contributed by atoms with E-state index in [0.29, 0.717) is 6.04 Å². The minimum atomic E-state index is 0.324. The van der Waals surface area contributed by atoms with Gasteiger partial charge in [-0.1, -0.05) is 12.1 Å². The Kier molecular flexibility index (Phi) is 3.36. The maximum absolute atomic E-state index is 4.61. The Labute approximate surface area is 114 Å². The van der Waals surface area contributed by atoms with Crippen molar-refractivity contribution in [3.8, 4) is 0 Å². The molecule has 0 saturated carbocycles. The lowest BCUT2D eigenvalue weighted by molar-refractivity contribution is 0.581. The summed E-state index contributed by atoms with van der Waals surface area (Å²) in [7, 11) is 0. The number of hydrogen-bond donors (Lipinski definition) is 1. The minimum absolute atomic E-state index is 0.324. The topological polar surface area (TPSA) is 37.8 Å². The predicted octanol–water partition coefficient (Wildman–Crippen LogP) is 3.60. The van der Waals surface area contributed by atoms with E-state index < -0.39 is 0 Å². The number of aromatic nitrogens is 2. The summed E-state index contributed by atoms with van der Waals surface area (Å²) in [6.07, 6.45) is 1.92. The summed E-state index contributed by atoms with van der Waals surface area (Å²) >= 11 is 3.43. The molecule has 0 radical (unpaired) electrons. The number of rotatable bonds is 4. The van der Waals surface area contributed by atoms with E-state index >= 15 is 0 Å². The molecule has 3 nitrogen and oxygen atoms in total. The van der Waals surface area contributed by atoms with Crippen molar-refractivity contribution in [2.45, 2.75) is 19.5 Å². The zero-order valence-corrected chi connectivity index (χ0v) is 11.6. The molecule has 1 aromatic carbocycles. The molecule has 3 rings (SSSR count). The zero-order valence-electron chi connectivity index (χ0n) is 9.96. The quantitative estimate of drug-likeness (QED) is 0.790. The molecule has 92 valence electrons. The predicted molar refractivity (Wildman–Crippen MR) is 77.0 cm³/mol. The third kappa shape index (κ3) is 2.43. The molecule has 0 aliphatic rings. The molecule has 2 heterocycles. The zero-order chi connectivity index (χ0) is 12.4. The highest BCUT2D eigenvalue weighted by atomic mass is 32.1. The molecular weight excluding hydrogens is 262 g/mol. The van der Waals surface area contributed by atoms with Gasteiger partial charge >= 0.3 is 0 Å². The van der Waals surface area contributed by atoms with Gasteiger partial charge in [-0.2, -0.15) is 0 Å². The SMILES string of the molecule is CC(NCc1nc2ccccc2s1)c1cncs1. The molecule has 18 heavy (non-hydrogen) atoms. The van der Waals surface area contributed by atoms with Gasteiger partial charge in [-0.3, -0.25) is 4.98 Å². The summed E-state index contributed by atoms with van der Waals surface area (Å²) < 4.78 is 1.25. The van der Waals surface area contributed by atoms with Crippen LogP contribution in [0.15, 0.2) is 36.0 Å². The van der Waals surface area contributed by atoms with Gasteiger partial charge in [0.05, 0.1) is 15.7 Å². The maximum Gasteiger partial charge on any atom is 0.108 e. The first-order valence-corrected chi connectivity index (χ1v) is 7.49. The Morgan fingerprint density at radius 3 is 3.00 bits per heavy atom. The second-order valence-electron chi connectivity index (χ2n) is 4.08. The van der Waals surface area contributed by atoms with Crippen LogP contribution in [0.3, 0.4) is 0 Å². The monoisotopic (exact) mass is 275 g/mol. The Hall–Kier alpha value is -1.30. The minimum Gasteiger partial charge on any atom is -0.303 e. The fourth-order valence-corrected chi connectivity index (χ4v) is 3.35. The number of thiazole rings is 2. The van der Waals surface area contributed by atoms with Crippen LogP contribution in [0.25, 0.3) is 10.2 Å². The third-order valence-corrected chi connectivity index (χ3v) is 4.77. The number of benzene rings is 1. The highest BCUT2D eigenvalue weighted by Gasteiger charge is 2.08. The van der Waals surface area contributed by atoms with Crippen molar-refractivity contribution >= 4 is 32.9 Å². The second kappa shape index (κ2) is 5.14. The lowest BCUT2D eigenvalue weighted by atomic mass is 10.3. The molecule has 2 aromatic heterocycles. The maximum atomic E-state index is 4.61. The number of fused-ring (bicyclic) bond motifs is 1. The van der Waals surface area contributed by atoms with Crippen LogP contribution >= 0.6 is 22.7 Å². The van der Waals surface area contributed by atoms with Crippen molar-refractivity contribution < 1.29 is 0 Å². The molecule has 0 fully saturated rings. The Bertz CT molecular complexity index is 598. The number of hydrogen-bond acceptors (Lipinski definition) is 5. The summed E-state index contributed by atoms with van der Waals surface area (Å²) in [4.78, 5) is 9.97. The van der Waals surface area contributed by atoms with Crippen LogP contribution in [-0.4, -0.2) is 9.97 Å². The van der Waals surface area contributed by atoms with E-state index in [4.69, 9.17) is 0 Å². The van der Waals surface area contributed by atoms with Gasteiger partial charge in [-0.25, -0.2) is 4.98 Å². The molecule has 0 spiro atoms. The van der Waals surface area contributed by atoms with E-state index in [1.165, 1.54) is 9.58 Å². The van der Waals surface area contributed by atoms with E-state index in [9.17, 15) is 0 Å². The standard InChI is InChI=1S/C13H13N3S2/c1-9(12-6-14-8-17-12)15-7-13-16-10-4-2-3-5-11(10)18-13/h2-6,8-9,15H,7H2,1H3. The van der Waals surface area contributed by atoms with E-state index in [0.717, 1.165) is 17.1 Å². The molecule has 0 bridgehead atoms. The molecule has 0 amide bonds. The fourth-order valence-electron chi connectivity index (χ4n) is 1.78. The summed E-state index contributed by atoms with van der Waals surface area (Å²) in [5.41, 5.74) is 2.95. The Morgan fingerprint density at radius 2 is 2.22 bits per heavy atom. The van der Waals surface area contributed by atoms with Gasteiger partial charge in [0, 0.05) is 23.7 Å². The van der Waals surface area contributed by atoms with Crippen molar-refractivity contribution in [2.24, 2.45) is 0 Å². The van der Waals surface area contributed by atoms with Crippen molar-refractivity contribution in [2.75, 3.05) is 0 Å². The van der Waals surface area contributed by atoms with Gasteiger partial charge < -0.3 is 5.32 Å². The number of nitrogens with one attached hydrogen (secondary N) is 1. The van der Waals surface area contributed by atoms with Crippen molar-refractivity contribution in [3.05, 3.63) is 45.9 Å². The molecule has 1 N–H and O–H groups in total. The molecule has 1 unspecified atom stereocenters. The third-order valence-electron chi connectivity index (χ3n) is 2.78. The number of para-hydroxylation sites is 1. The van der Waals surface area contributed by atoms with Crippen LogP contribution in [0.4, 0.5) is 0 Å². The van der Waals surface area contributed by atoms with Gasteiger partial charge in [0.15, 0.2) is 0 Å². The van der Waals surface area contributed by atoms with Crippen molar-refractivity contribution in [3.63, 3.8) is 0 Å². The van der Waals surface area contributed by atoms with E-state index in [2.05, 4.69) is 40.4 Å². The Balaban J connectivity index is 1.69. The molecule has 5 heteroatoms. The van der Waals surface area contributed by atoms with Crippen LogP contribution in [0, 0.1) is 0 Å². The molecule has 1 atom stereocenters. The first-order valence-electron chi connectivity index (χ1n) is 5.79. The Morgan fingerprint density at radius 1 is 1.33 bits per heavy atom. The summed E-state index contributed by atoms with van der Waals surface area (Å²) in [6.45, 7) is 2.96. The van der Waals surface area contributed by atoms with Crippen LogP contribution in [-0.2, 0) is 6.54 Å². The molecular formula is C13H13N3S2. The summed E-state index contributed by atoms with van der Waals surface area (Å²) in [5.74, 6) is 0. The van der Waals surface area contributed by atoms with Gasteiger partial charge in [-0.15, -0.1) is 22.7 Å². The van der Waals surface area contributed by atoms with Crippen LogP contribution in [0.1, 0.15) is 22.9 Å². The van der Waals surface area contributed by atoms with Crippen molar-refractivity contribution in [1.29, 1.82) is 0 Å². The first-order chi connectivity index (χ1) is 8.83. The van der Waals surface area contributed by atoms with Crippen LogP contribution in [0.5, 0.6) is 0 Å². The summed E-state index contributed by atoms with van der Waals surface area (Å²) in [6, 6.07) is 8.58. The largest absolute Gasteiger partial charge is 0.303 e. The summed E-state index contributed by atoms with van der Waals surface area (Å²) in [5, 5.41) is 4.61. The average molecular weight is 275 g/mol. The average Bonchev–Trinajstić information content (AvgIpc) is 3.04. The second-order valence-corrected chi connectivity index (χ2v) is 6.11.